The Hall–Kier alpha value is -1.06. The minimum Gasteiger partial charge on any atom is -0.493 e. The number of fused-ring (bicyclic) bond motifs is 1. The first-order valence-electron chi connectivity index (χ1n) is 6.26. The van der Waals surface area contributed by atoms with Crippen molar-refractivity contribution in [3.8, 4) is 5.75 Å². The van der Waals surface area contributed by atoms with Gasteiger partial charge >= 0.3 is 0 Å². The topological polar surface area (TPSA) is 61.3 Å². The molecule has 2 rings (SSSR count). The van der Waals surface area contributed by atoms with E-state index in [-0.39, 0.29) is 11.6 Å². The van der Waals surface area contributed by atoms with Crippen molar-refractivity contribution in [3.05, 3.63) is 29.3 Å². The molecule has 1 heterocycles. The van der Waals surface area contributed by atoms with Gasteiger partial charge in [-0.15, -0.1) is 0 Å². The molecule has 1 aliphatic heterocycles. The first-order chi connectivity index (χ1) is 7.96. The Morgan fingerprint density at radius 3 is 2.88 bits per heavy atom. The third kappa shape index (κ3) is 3.20. The van der Waals surface area contributed by atoms with E-state index in [1.807, 2.05) is 19.9 Å². The summed E-state index contributed by atoms with van der Waals surface area (Å²) in [6.07, 6.45) is 2.96. The van der Waals surface area contributed by atoms with Crippen LogP contribution in [-0.4, -0.2) is 12.1 Å². The molecule has 0 fully saturated rings. The smallest absolute Gasteiger partial charge is 0.122 e. The molecule has 0 radical (unpaired) electrons. The van der Waals surface area contributed by atoms with Gasteiger partial charge in [0.05, 0.1) is 6.61 Å². The molecule has 0 aromatic heterocycles. The molecule has 0 aliphatic carbocycles. The fourth-order valence-corrected chi connectivity index (χ4v) is 2.30. The van der Waals surface area contributed by atoms with Crippen LogP contribution in [0.15, 0.2) is 18.2 Å². The Kier molecular flexibility index (Phi) is 3.40. The highest BCUT2D eigenvalue weighted by Gasteiger charge is 2.19. The second kappa shape index (κ2) is 4.67. The van der Waals surface area contributed by atoms with Gasteiger partial charge in [0, 0.05) is 11.6 Å². The maximum absolute atomic E-state index is 6.19. The zero-order valence-electron chi connectivity index (χ0n) is 10.7. The fourth-order valence-electron chi connectivity index (χ4n) is 2.30. The Labute approximate surface area is 103 Å². The van der Waals surface area contributed by atoms with Crippen LogP contribution in [0.25, 0.3) is 0 Å². The third-order valence-electron chi connectivity index (χ3n) is 3.11. The van der Waals surface area contributed by atoms with Gasteiger partial charge in [0.2, 0.25) is 0 Å². The van der Waals surface area contributed by atoms with Crippen molar-refractivity contribution in [2.75, 3.05) is 6.61 Å². The first-order valence-corrected chi connectivity index (χ1v) is 6.26. The molecule has 17 heavy (non-hydrogen) atoms. The predicted molar refractivity (Wildman–Crippen MR) is 70.1 cm³/mol. The number of rotatable bonds is 3. The normalized spacial score (nSPS) is 17.2. The van der Waals surface area contributed by atoms with Crippen molar-refractivity contribution >= 4 is 0 Å². The van der Waals surface area contributed by atoms with Gasteiger partial charge in [-0.25, -0.2) is 0 Å². The maximum Gasteiger partial charge on any atom is 0.122 e. The fraction of sp³-hybridized carbons (Fsp3) is 0.571. The highest BCUT2D eigenvalue weighted by Crippen LogP contribution is 2.29. The molecule has 3 nitrogen and oxygen atoms in total. The van der Waals surface area contributed by atoms with Crippen LogP contribution in [0, 0.1) is 0 Å². The Bertz CT molecular complexity index is 396. The number of benzene rings is 1. The van der Waals surface area contributed by atoms with E-state index in [0.717, 1.165) is 37.2 Å². The van der Waals surface area contributed by atoms with Gasteiger partial charge in [0.15, 0.2) is 0 Å². The van der Waals surface area contributed by atoms with Crippen LogP contribution in [0.5, 0.6) is 5.75 Å². The summed E-state index contributed by atoms with van der Waals surface area (Å²) < 4.78 is 5.59. The lowest BCUT2D eigenvalue weighted by molar-refractivity contribution is 0.288. The van der Waals surface area contributed by atoms with Gasteiger partial charge < -0.3 is 16.2 Å². The summed E-state index contributed by atoms with van der Waals surface area (Å²) in [4.78, 5) is 0. The second-order valence-corrected chi connectivity index (χ2v) is 5.62. The molecule has 0 saturated carbocycles. The van der Waals surface area contributed by atoms with Crippen LogP contribution in [0.2, 0.25) is 0 Å². The molecule has 94 valence electrons. The van der Waals surface area contributed by atoms with E-state index in [4.69, 9.17) is 16.2 Å². The average Bonchev–Trinajstić information content (AvgIpc) is 2.26. The average molecular weight is 234 g/mol. The summed E-state index contributed by atoms with van der Waals surface area (Å²) in [5.41, 5.74) is 14.4. The van der Waals surface area contributed by atoms with Crippen LogP contribution in [0.1, 0.15) is 43.9 Å². The lowest BCUT2D eigenvalue weighted by Gasteiger charge is -2.25. The van der Waals surface area contributed by atoms with Crippen molar-refractivity contribution in [3.63, 3.8) is 0 Å². The van der Waals surface area contributed by atoms with E-state index in [0.29, 0.717) is 0 Å². The molecule has 3 heteroatoms. The highest BCUT2D eigenvalue weighted by molar-refractivity contribution is 5.39. The number of ether oxygens (including phenoxy) is 1. The quantitative estimate of drug-likeness (QED) is 0.842. The van der Waals surface area contributed by atoms with Crippen molar-refractivity contribution in [1.82, 2.24) is 0 Å². The molecule has 0 bridgehead atoms. The summed E-state index contributed by atoms with van der Waals surface area (Å²) in [6.45, 7) is 4.84. The number of hydrogen-bond donors (Lipinski definition) is 2. The summed E-state index contributed by atoms with van der Waals surface area (Å²) >= 11 is 0. The molecule has 0 spiro atoms. The van der Waals surface area contributed by atoms with E-state index in [2.05, 4.69) is 12.1 Å². The molecule has 0 amide bonds. The van der Waals surface area contributed by atoms with Crippen LogP contribution >= 0.6 is 0 Å². The standard InChI is InChI=1S/C14H22N2O/c1-14(2,16)9-12(15)10-5-6-13-11(8-10)4-3-7-17-13/h5-6,8,12H,3-4,7,9,15-16H2,1-2H3. The van der Waals surface area contributed by atoms with Crippen LogP contribution < -0.4 is 16.2 Å². The number of hydrogen-bond acceptors (Lipinski definition) is 3. The second-order valence-electron chi connectivity index (χ2n) is 5.62. The summed E-state index contributed by atoms with van der Waals surface area (Å²) in [6, 6.07) is 6.26. The molecule has 1 unspecified atom stereocenters. The summed E-state index contributed by atoms with van der Waals surface area (Å²) in [5.74, 6) is 1.01. The third-order valence-corrected chi connectivity index (χ3v) is 3.11. The molecular weight excluding hydrogens is 212 g/mol. The first kappa shape index (κ1) is 12.4. The number of nitrogens with two attached hydrogens (primary N) is 2. The summed E-state index contributed by atoms with van der Waals surface area (Å²) in [7, 11) is 0. The maximum atomic E-state index is 6.19. The van der Waals surface area contributed by atoms with Gasteiger partial charge in [0.1, 0.15) is 5.75 Å². The van der Waals surface area contributed by atoms with Gasteiger partial charge in [-0.05, 0) is 50.3 Å². The molecule has 1 aliphatic rings. The van der Waals surface area contributed by atoms with Gasteiger partial charge in [-0.1, -0.05) is 12.1 Å². The molecule has 1 atom stereocenters. The van der Waals surface area contributed by atoms with E-state index in [9.17, 15) is 0 Å². The minimum absolute atomic E-state index is 0.00206. The van der Waals surface area contributed by atoms with Gasteiger partial charge in [-0.2, -0.15) is 0 Å². The number of aryl methyl sites for hydroxylation is 1. The summed E-state index contributed by atoms with van der Waals surface area (Å²) in [5, 5.41) is 0. The van der Waals surface area contributed by atoms with Crippen molar-refractivity contribution < 1.29 is 4.74 Å². The molecule has 0 saturated heterocycles. The van der Waals surface area contributed by atoms with Crippen LogP contribution in [-0.2, 0) is 6.42 Å². The zero-order chi connectivity index (χ0) is 12.5. The Balaban J connectivity index is 2.16. The van der Waals surface area contributed by atoms with E-state index in [1.54, 1.807) is 0 Å². The molecule has 1 aromatic carbocycles. The van der Waals surface area contributed by atoms with Crippen molar-refractivity contribution in [1.29, 1.82) is 0 Å². The monoisotopic (exact) mass is 234 g/mol. The Morgan fingerprint density at radius 1 is 1.41 bits per heavy atom. The molecule has 1 aromatic rings. The van der Waals surface area contributed by atoms with Crippen LogP contribution in [0.3, 0.4) is 0 Å². The van der Waals surface area contributed by atoms with Crippen molar-refractivity contribution in [2.24, 2.45) is 11.5 Å². The zero-order valence-corrected chi connectivity index (χ0v) is 10.7. The SMILES string of the molecule is CC(C)(N)CC(N)c1ccc2c(c1)CCCO2. The van der Waals surface area contributed by atoms with Crippen molar-refractivity contribution in [2.45, 2.75) is 44.7 Å². The largest absolute Gasteiger partial charge is 0.493 e. The lowest BCUT2D eigenvalue weighted by atomic mass is 9.91. The van der Waals surface area contributed by atoms with Crippen LogP contribution in [0.4, 0.5) is 0 Å². The van der Waals surface area contributed by atoms with E-state index >= 15 is 0 Å². The van der Waals surface area contributed by atoms with Gasteiger partial charge in [-0.3, -0.25) is 0 Å². The van der Waals surface area contributed by atoms with Gasteiger partial charge in [0.25, 0.3) is 0 Å². The molecule has 4 N–H and O–H groups in total. The highest BCUT2D eigenvalue weighted by atomic mass is 16.5. The minimum atomic E-state index is -0.230. The van der Waals surface area contributed by atoms with E-state index < -0.39 is 0 Å². The Morgan fingerprint density at radius 2 is 2.18 bits per heavy atom. The predicted octanol–water partition coefficient (Wildman–Crippen LogP) is 2.14. The lowest BCUT2D eigenvalue weighted by Crippen LogP contribution is -2.35. The molecular formula is C14H22N2O. The van der Waals surface area contributed by atoms with E-state index in [1.165, 1.54) is 5.56 Å².